The van der Waals surface area contributed by atoms with Gasteiger partial charge in [-0.1, -0.05) is 6.42 Å². The maximum Gasteiger partial charge on any atom is 0.293 e. The molecule has 0 bridgehead atoms. The molecular formula is C13H20N4O. The van der Waals surface area contributed by atoms with Crippen LogP contribution in [0, 0.1) is 5.92 Å². The fraction of sp³-hybridized carbons (Fsp3) is 0.769. The largest absolute Gasteiger partial charge is 0.336 e. The summed E-state index contributed by atoms with van der Waals surface area (Å²) in [6, 6.07) is 0. The number of carbonyl (C=O) groups is 1. The second kappa shape index (κ2) is 4.71. The van der Waals surface area contributed by atoms with Crippen LogP contribution in [-0.2, 0) is 0 Å². The van der Waals surface area contributed by atoms with E-state index in [4.69, 9.17) is 0 Å². The Labute approximate surface area is 107 Å². The van der Waals surface area contributed by atoms with Crippen molar-refractivity contribution in [3.8, 4) is 0 Å². The summed E-state index contributed by atoms with van der Waals surface area (Å²) in [4.78, 5) is 18.5. The van der Waals surface area contributed by atoms with E-state index in [9.17, 15) is 4.79 Å². The number of rotatable bonds is 5. The predicted molar refractivity (Wildman–Crippen MR) is 67.3 cm³/mol. The van der Waals surface area contributed by atoms with Crippen molar-refractivity contribution in [2.75, 3.05) is 13.1 Å². The second-order valence-electron chi connectivity index (χ2n) is 5.46. The molecule has 3 rings (SSSR count). The first-order chi connectivity index (χ1) is 8.78. The van der Waals surface area contributed by atoms with E-state index in [2.05, 4.69) is 15.2 Å². The van der Waals surface area contributed by atoms with Gasteiger partial charge in [-0.05, 0) is 38.5 Å². The van der Waals surface area contributed by atoms with Gasteiger partial charge in [0, 0.05) is 19.0 Å². The van der Waals surface area contributed by atoms with Crippen molar-refractivity contribution in [1.29, 1.82) is 0 Å². The summed E-state index contributed by atoms with van der Waals surface area (Å²) >= 11 is 0. The monoisotopic (exact) mass is 248 g/mol. The van der Waals surface area contributed by atoms with Gasteiger partial charge in [-0.15, -0.1) is 5.10 Å². The number of nitrogens with zero attached hydrogens (tertiary/aromatic N) is 3. The van der Waals surface area contributed by atoms with Gasteiger partial charge < -0.3 is 4.90 Å². The van der Waals surface area contributed by atoms with Gasteiger partial charge in [-0.2, -0.15) is 0 Å². The molecule has 1 aromatic heterocycles. The lowest BCUT2D eigenvalue weighted by atomic mass is 9.85. The number of nitrogens with one attached hydrogen (secondary N) is 1. The molecule has 98 valence electrons. The number of aromatic nitrogens is 3. The minimum absolute atomic E-state index is 0.0208. The molecule has 5 heteroatoms. The molecule has 0 unspecified atom stereocenters. The molecule has 2 aliphatic rings. The molecule has 5 nitrogen and oxygen atoms in total. The summed E-state index contributed by atoms with van der Waals surface area (Å²) in [5.74, 6) is 2.42. The molecule has 2 fully saturated rings. The quantitative estimate of drug-likeness (QED) is 0.866. The maximum absolute atomic E-state index is 12.3. The molecule has 0 radical (unpaired) electrons. The molecular weight excluding hydrogens is 228 g/mol. The third kappa shape index (κ3) is 2.26. The van der Waals surface area contributed by atoms with Crippen molar-refractivity contribution in [2.45, 2.75) is 44.9 Å². The second-order valence-corrected chi connectivity index (χ2v) is 5.46. The third-order valence-electron chi connectivity index (χ3n) is 4.03. The number of H-pyrrole nitrogens is 1. The predicted octanol–water partition coefficient (Wildman–Crippen LogP) is 1.94. The van der Waals surface area contributed by atoms with E-state index in [-0.39, 0.29) is 5.91 Å². The Hall–Kier alpha value is -1.39. The van der Waals surface area contributed by atoms with Gasteiger partial charge in [0.05, 0.1) is 0 Å². The number of aromatic amines is 1. The highest BCUT2D eigenvalue weighted by atomic mass is 16.2. The minimum Gasteiger partial charge on any atom is -0.336 e. The lowest BCUT2D eigenvalue weighted by molar-refractivity contribution is 0.0694. The van der Waals surface area contributed by atoms with E-state index in [1.54, 1.807) is 0 Å². The Morgan fingerprint density at radius 3 is 2.72 bits per heavy atom. The van der Waals surface area contributed by atoms with Crippen molar-refractivity contribution >= 4 is 5.91 Å². The summed E-state index contributed by atoms with van der Waals surface area (Å²) in [5, 5.41) is 6.97. The van der Waals surface area contributed by atoms with Crippen molar-refractivity contribution in [3.63, 3.8) is 0 Å². The smallest absolute Gasteiger partial charge is 0.293 e. The molecule has 0 atom stereocenters. The number of hydrogen-bond donors (Lipinski definition) is 1. The Kier molecular flexibility index (Phi) is 3.06. The molecule has 0 saturated heterocycles. The van der Waals surface area contributed by atoms with E-state index < -0.39 is 0 Å². The van der Waals surface area contributed by atoms with Gasteiger partial charge in [0.1, 0.15) is 5.82 Å². The lowest BCUT2D eigenvalue weighted by Crippen LogP contribution is -2.37. The van der Waals surface area contributed by atoms with Gasteiger partial charge in [0.2, 0.25) is 5.82 Å². The van der Waals surface area contributed by atoms with Crippen LogP contribution in [0.4, 0.5) is 0 Å². The van der Waals surface area contributed by atoms with Crippen LogP contribution < -0.4 is 0 Å². The molecule has 1 N–H and O–H groups in total. The SMILES string of the molecule is CCN(CC1CCC1)C(=O)c1n[nH]c(C2CC2)n1. The highest BCUT2D eigenvalue weighted by molar-refractivity contribution is 5.90. The topological polar surface area (TPSA) is 61.9 Å². The Morgan fingerprint density at radius 2 is 2.17 bits per heavy atom. The molecule has 1 amide bonds. The molecule has 2 aliphatic carbocycles. The van der Waals surface area contributed by atoms with Gasteiger partial charge in [0.25, 0.3) is 5.91 Å². The Balaban J connectivity index is 1.65. The zero-order valence-corrected chi connectivity index (χ0v) is 10.9. The Morgan fingerprint density at radius 1 is 1.39 bits per heavy atom. The van der Waals surface area contributed by atoms with Crippen LogP contribution in [-0.4, -0.2) is 39.1 Å². The van der Waals surface area contributed by atoms with Crippen molar-refractivity contribution < 1.29 is 4.79 Å². The van der Waals surface area contributed by atoms with Crippen molar-refractivity contribution in [2.24, 2.45) is 5.92 Å². The first-order valence-corrected chi connectivity index (χ1v) is 6.99. The molecule has 0 aliphatic heterocycles. The fourth-order valence-corrected chi connectivity index (χ4v) is 2.39. The molecule has 0 spiro atoms. The summed E-state index contributed by atoms with van der Waals surface area (Å²) in [6.07, 6.45) is 6.16. The normalized spacial score (nSPS) is 19.6. The van der Waals surface area contributed by atoms with Gasteiger partial charge in [0.15, 0.2) is 0 Å². The van der Waals surface area contributed by atoms with Gasteiger partial charge in [-0.3, -0.25) is 9.89 Å². The van der Waals surface area contributed by atoms with E-state index in [0.717, 1.165) is 18.9 Å². The fourth-order valence-electron chi connectivity index (χ4n) is 2.39. The number of carbonyl (C=O) groups excluding carboxylic acids is 1. The number of amides is 1. The lowest BCUT2D eigenvalue weighted by Gasteiger charge is -2.31. The first kappa shape index (κ1) is 11.7. The summed E-state index contributed by atoms with van der Waals surface area (Å²) in [7, 11) is 0. The summed E-state index contributed by atoms with van der Waals surface area (Å²) < 4.78 is 0. The van der Waals surface area contributed by atoms with Crippen LogP contribution in [0.5, 0.6) is 0 Å². The van der Waals surface area contributed by atoms with Crippen LogP contribution in [0.2, 0.25) is 0 Å². The molecule has 18 heavy (non-hydrogen) atoms. The molecule has 1 heterocycles. The van der Waals surface area contributed by atoms with Gasteiger partial charge >= 0.3 is 0 Å². The minimum atomic E-state index is -0.0208. The van der Waals surface area contributed by atoms with E-state index >= 15 is 0 Å². The highest BCUT2D eigenvalue weighted by Crippen LogP contribution is 2.37. The number of hydrogen-bond acceptors (Lipinski definition) is 3. The first-order valence-electron chi connectivity index (χ1n) is 6.99. The third-order valence-corrected chi connectivity index (χ3v) is 4.03. The van der Waals surface area contributed by atoms with Crippen LogP contribution in [0.3, 0.4) is 0 Å². The van der Waals surface area contributed by atoms with E-state index in [1.165, 1.54) is 32.1 Å². The summed E-state index contributed by atoms with van der Waals surface area (Å²) in [5.41, 5.74) is 0. The van der Waals surface area contributed by atoms with Crippen molar-refractivity contribution in [3.05, 3.63) is 11.6 Å². The summed E-state index contributed by atoms with van der Waals surface area (Å²) in [6.45, 7) is 3.62. The van der Waals surface area contributed by atoms with Crippen molar-refractivity contribution in [1.82, 2.24) is 20.1 Å². The average molecular weight is 248 g/mol. The van der Waals surface area contributed by atoms with Gasteiger partial charge in [-0.25, -0.2) is 4.98 Å². The molecule has 2 saturated carbocycles. The van der Waals surface area contributed by atoms with E-state index in [1.807, 2.05) is 11.8 Å². The standard InChI is InChI=1S/C13H20N4O/c1-2-17(8-9-4-3-5-9)13(18)12-14-11(15-16-12)10-6-7-10/h9-10H,2-8H2,1H3,(H,14,15,16). The maximum atomic E-state index is 12.3. The average Bonchev–Trinajstić information content (AvgIpc) is 3.05. The molecule has 1 aromatic rings. The zero-order chi connectivity index (χ0) is 12.5. The van der Waals surface area contributed by atoms with Crippen LogP contribution in [0.1, 0.15) is 61.4 Å². The van der Waals surface area contributed by atoms with Crippen LogP contribution in [0.15, 0.2) is 0 Å². The van der Waals surface area contributed by atoms with Crippen LogP contribution in [0.25, 0.3) is 0 Å². The Bertz CT molecular complexity index is 434. The van der Waals surface area contributed by atoms with Crippen LogP contribution >= 0.6 is 0 Å². The highest BCUT2D eigenvalue weighted by Gasteiger charge is 2.30. The molecule has 0 aromatic carbocycles. The van der Waals surface area contributed by atoms with E-state index in [0.29, 0.717) is 17.7 Å². The zero-order valence-electron chi connectivity index (χ0n) is 10.9.